The minimum Gasteiger partial charge on any atom is -0.389 e. The van der Waals surface area contributed by atoms with E-state index in [1.54, 1.807) is 6.07 Å². The summed E-state index contributed by atoms with van der Waals surface area (Å²) < 4.78 is 13.7. The maximum Gasteiger partial charge on any atom is 0.135 e. The largest absolute Gasteiger partial charge is 0.389 e. The molecule has 3 N–H and O–H groups in total. The number of benzene rings is 1. The van der Waals surface area contributed by atoms with Crippen molar-refractivity contribution in [3.05, 3.63) is 29.6 Å². The molecule has 1 aliphatic rings. The number of nitrogens with one attached hydrogen (secondary N) is 1. The average molecular weight is 266 g/mol. The molecule has 18 heavy (non-hydrogen) atoms. The van der Waals surface area contributed by atoms with Gasteiger partial charge in [-0.25, -0.2) is 4.39 Å². The quantitative estimate of drug-likeness (QED) is 0.774. The third-order valence-corrected chi connectivity index (χ3v) is 3.86. The Balaban J connectivity index is 1.98. The molecule has 4 heteroatoms. The molecular formula is C14H19FN2S. The van der Waals surface area contributed by atoms with Gasteiger partial charge in [-0.1, -0.05) is 25.6 Å². The fourth-order valence-corrected chi connectivity index (χ4v) is 2.50. The number of hydrogen-bond donors (Lipinski definition) is 2. The Morgan fingerprint density at radius 1 is 1.50 bits per heavy atom. The zero-order valence-electron chi connectivity index (χ0n) is 10.6. The predicted octanol–water partition coefficient (Wildman–Crippen LogP) is 3.45. The lowest BCUT2D eigenvalue weighted by Crippen LogP contribution is -2.16. The number of halogens is 1. The molecule has 0 amide bonds. The smallest absolute Gasteiger partial charge is 0.135 e. The molecule has 2 rings (SSSR count). The highest BCUT2D eigenvalue weighted by molar-refractivity contribution is 7.80. The minimum atomic E-state index is -0.354. The Bertz CT molecular complexity index is 455. The summed E-state index contributed by atoms with van der Waals surface area (Å²) in [6, 6.07) is 4.94. The van der Waals surface area contributed by atoms with Crippen LogP contribution in [-0.4, -0.2) is 11.5 Å². The van der Waals surface area contributed by atoms with Crippen molar-refractivity contribution in [2.75, 3.05) is 11.9 Å². The summed E-state index contributed by atoms with van der Waals surface area (Å²) in [6.45, 7) is 3.13. The van der Waals surface area contributed by atoms with Gasteiger partial charge in [0.25, 0.3) is 0 Å². The fraction of sp³-hybridized carbons (Fsp3) is 0.500. The number of anilines is 1. The zero-order chi connectivity index (χ0) is 13.2. The molecule has 0 atom stereocenters. The van der Waals surface area contributed by atoms with Crippen LogP contribution in [0.5, 0.6) is 0 Å². The molecule has 0 spiro atoms. The van der Waals surface area contributed by atoms with Crippen LogP contribution in [0.4, 0.5) is 10.1 Å². The molecule has 0 saturated heterocycles. The van der Waals surface area contributed by atoms with Crippen molar-refractivity contribution in [3.8, 4) is 0 Å². The van der Waals surface area contributed by atoms with Gasteiger partial charge in [0.1, 0.15) is 10.8 Å². The summed E-state index contributed by atoms with van der Waals surface area (Å²) in [6.07, 6.45) is 5.01. The minimum absolute atomic E-state index is 0.101. The van der Waals surface area contributed by atoms with Crippen LogP contribution in [0.25, 0.3) is 0 Å². The van der Waals surface area contributed by atoms with E-state index in [4.69, 9.17) is 18.0 Å². The molecule has 0 aliphatic heterocycles. The Labute approximate surface area is 113 Å². The fourth-order valence-electron chi connectivity index (χ4n) is 2.34. The van der Waals surface area contributed by atoms with Gasteiger partial charge >= 0.3 is 0 Å². The highest BCUT2D eigenvalue weighted by Gasteiger charge is 2.40. The average Bonchev–Trinajstić information content (AvgIpc) is 3.07. The molecule has 0 bridgehead atoms. The second kappa shape index (κ2) is 5.22. The van der Waals surface area contributed by atoms with E-state index in [0.29, 0.717) is 11.0 Å². The van der Waals surface area contributed by atoms with Crippen LogP contribution in [0.1, 0.15) is 38.2 Å². The van der Waals surface area contributed by atoms with E-state index in [2.05, 4.69) is 12.2 Å². The molecule has 1 fully saturated rings. The molecule has 0 aromatic heterocycles. The van der Waals surface area contributed by atoms with Crippen LogP contribution in [0.2, 0.25) is 0 Å². The van der Waals surface area contributed by atoms with E-state index >= 15 is 0 Å². The van der Waals surface area contributed by atoms with E-state index in [-0.39, 0.29) is 10.8 Å². The zero-order valence-corrected chi connectivity index (χ0v) is 11.4. The summed E-state index contributed by atoms with van der Waals surface area (Å²) in [5.74, 6) is -0.354. The molecule has 1 aromatic rings. The maximum atomic E-state index is 13.7. The SMILES string of the molecule is CCCC1(CNc2ccc(C(N)=S)c(F)c2)CC1. The highest BCUT2D eigenvalue weighted by atomic mass is 32.1. The maximum absolute atomic E-state index is 13.7. The van der Waals surface area contributed by atoms with E-state index < -0.39 is 0 Å². The van der Waals surface area contributed by atoms with Gasteiger partial charge in [0, 0.05) is 17.8 Å². The normalized spacial score (nSPS) is 16.3. The van der Waals surface area contributed by atoms with Gasteiger partial charge in [0.2, 0.25) is 0 Å². The van der Waals surface area contributed by atoms with Crippen molar-refractivity contribution in [2.45, 2.75) is 32.6 Å². The first-order valence-electron chi connectivity index (χ1n) is 6.39. The third-order valence-electron chi connectivity index (χ3n) is 3.64. The van der Waals surface area contributed by atoms with Gasteiger partial charge in [-0.15, -0.1) is 0 Å². The van der Waals surface area contributed by atoms with Crippen molar-refractivity contribution < 1.29 is 4.39 Å². The van der Waals surface area contributed by atoms with Crippen LogP contribution in [0.3, 0.4) is 0 Å². The summed E-state index contributed by atoms with van der Waals surface area (Å²) in [4.78, 5) is 0.101. The van der Waals surface area contributed by atoms with Crippen LogP contribution >= 0.6 is 12.2 Å². The first kappa shape index (κ1) is 13.3. The summed E-state index contributed by atoms with van der Waals surface area (Å²) in [7, 11) is 0. The molecule has 1 saturated carbocycles. The third kappa shape index (κ3) is 2.99. The van der Waals surface area contributed by atoms with Gasteiger partial charge in [-0.2, -0.15) is 0 Å². The molecule has 0 heterocycles. The molecule has 0 radical (unpaired) electrons. The van der Waals surface area contributed by atoms with Crippen molar-refractivity contribution in [1.82, 2.24) is 0 Å². The van der Waals surface area contributed by atoms with Crippen molar-refractivity contribution in [1.29, 1.82) is 0 Å². The Morgan fingerprint density at radius 3 is 2.72 bits per heavy atom. The standard InChI is InChI=1S/C14H19FN2S/c1-2-5-14(6-7-14)9-17-10-3-4-11(13(16)18)12(15)8-10/h3-4,8,17H,2,5-7,9H2,1H3,(H2,16,18). The molecule has 1 aliphatic carbocycles. The van der Waals surface area contributed by atoms with Crippen molar-refractivity contribution >= 4 is 22.9 Å². The van der Waals surface area contributed by atoms with E-state index in [0.717, 1.165) is 12.2 Å². The van der Waals surface area contributed by atoms with Gasteiger partial charge in [0.15, 0.2) is 0 Å². The van der Waals surface area contributed by atoms with E-state index in [1.807, 2.05) is 6.07 Å². The van der Waals surface area contributed by atoms with Crippen LogP contribution in [-0.2, 0) is 0 Å². The topological polar surface area (TPSA) is 38.0 Å². The lowest BCUT2D eigenvalue weighted by molar-refractivity contribution is 0.485. The Hall–Kier alpha value is -1.16. The molecule has 2 nitrogen and oxygen atoms in total. The number of hydrogen-bond acceptors (Lipinski definition) is 2. The second-order valence-electron chi connectivity index (χ2n) is 5.16. The summed E-state index contributed by atoms with van der Waals surface area (Å²) >= 11 is 4.78. The van der Waals surface area contributed by atoms with Crippen LogP contribution < -0.4 is 11.1 Å². The first-order valence-corrected chi connectivity index (χ1v) is 6.80. The van der Waals surface area contributed by atoms with Gasteiger partial charge < -0.3 is 11.1 Å². The molecular weight excluding hydrogens is 247 g/mol. The highest BCUT2D eigenvalue weighted by Crippen LogP contribution is 2.49. The summed E-state index contributed by atoms with van der Waals surface area (Å²) in [5, 5.41) is 3.32. The second-order valence-corrected chi connectivity index (χ2v) is 5.60. The van der Waals surface area contributed by atoms with Crippen molar-refractivity contribution in [2.24, 2.45) is 11.1 Å². The first-order chi connectivity index (χ1) is 8.56. The lowest BCUT2D eigenvalue weighted by Gasteiger charge is -2.16. The Kier molecular flexibility index (Phi) is 3.85. The van der Waals surface area contributed by atoms with Gasteiger partial charge in [-0.3, -0.25) is 0 Å². The van der Waals surface area contributed by atoms with Crippen LogP contribution in [0, 0.1) is 11.2 Å². The van der Waals surface area contributed by atoms with Crippen molar-refractivity contribution in [3.63, 3.8) is 0 Å². The lowest BCUT2D eigenvalue weighted by atomic mass is 10.0. The van der Waals surface area contributed by atoms with E-state index in [1.165, 1.54) is 31.7 Å². The summed E-state index contributed by atoms with van der Waals surface area (Å²) in [5.41, 5.74) is 6.99. The molecule has 0 unspecified atom stereocenters. The van der Waals surface area contributed by atoms with E-state index in [9.17, 15) is 4.39 Å². The molecule has 1 aromatic carbocycles. The Morgan fingerprint density at radius 2 is 2.22 bits per heavy atom. The van der Waals surface area contributed by atoms with Gasteiger partial charge in [0.05, 0.1) is 0 Å². The predicted molar refractivity (Wildman–Crippen MR) is 77.4 cm³/mol. The molecule has 98 valence electrons. The monoisotopic (exact) mass is 266 g/mol. The number of thiocarbonyl (C=S) groups is 1. The van der Waals surface area contributed by atoms with Gasteiger partial charge in [-0.05, 0) is 42.9 Å². The number of nitrogens with two attached hydrogens (primary N) is 1. The number of rotatable bonds is 6. The van der Waals surface area contributed by atoms with Crippen LogP contribution in [0.15, 0.2) is 18.2 Å².